The predicted molar refractivity (Wildman–Crippen MR) is 66.8 cm³/mol. The van der Waals surface area contributed by atoms with Gasteiger partial charge in [-0.15, -0.1) is 0 Å². The summed E-state index contributed by atoms with van der Waals surface area (Å²) in [5.41, 5.74) is 7.54. The van der Waals surface area contributed by atoms with Gasteiger partial charge in [-0.2, -0.15) is 0 Å². The molecular weight excluding hydrogens is 254 g/mol. The highest BCUT2D eigenvalue weighted by atomic mass is 79.9. The number of hydrogen-bond donors (Lipinski definition) is 2. The SMILES string of the molecule is Cc1c(N)cnc(NCC2CC2C)c1Br. The molecule has 0 aromatic carbocycles. The van der Waals surface area contributed by atoms with Gasteiger partial charge in [0.15, 0.2) is 0 Å². The van der Waals surface area contributed by atoms with Gasteiger partial charge < -0.3 is 11.1 Å². The van der Waals surface area contributed by atoms with Gasteiger partial charge >= 0.3 is 0 Å². The lowest BCUT2D eigenvalue weighted by Crippen LogP contribution is -2.07. The highest BCUT2D eigenvalue weighted by molar-refractivity contribution is 9.10. The number of anilines is 2. The zero-order valence-corrected chi connectivity index (χ0v) is 10.6. The molecule has 1 fully saturated rings. The maximum Gasteiger partial charge on any atom is 0.140 e. The Morgan fingerprint density at radius 2 is 2.33 bits per heavy atom. The smallest absolute Gasteiger partial charge is 0.140 e. The largest absolute Gasteiger partial charge is 0.397 e. The second kappa shape index (κ2) is 4.00. The Kier molecular flexibility index (Phi) is 2.87. The summed E-state index contributed by atoms with van der Waals surface area (Å²) in [4.78, 5) is 4.28. The number of rotatable bonds is 3. The van der Waals surface area contributed by atoms with E-state index in [4.69, 9.17) is 5.73 Å². The van der Waals surface area contributed by atoms with Crippen LogP contribution in [-0.2, 0) is 0 Å². The van der Waals surface area contributed by atoms with Crippen LogP contribution in [0.5, 0.6) is 0 Å². The molecule has 3 N–H and O–H groups in total. The van der Waals surface area contributed by atoms with Crippen molar-refractivity contribution < 1.29 is 0 Å². The molecule has 0 saturated heterocycles. The predicted octanol–water partition coefficient (Wildman–Crippen LogP) is 2.80. The Balaban J connectivity index is 2.05. The molecule has 0 aliphatic heterocycles. The van der Waals surface area contributed by atoms with E-state index in [0.29, 0.717) is 0 Å². The Morgan fingerprint density at radius 3 is 2.93 bits per heavy atom. The van der Waals surface area contributed by atoms with Crippen LogP contribution >= 0.6 is 15.9 Å². The minimum absolute atomic E-state index is 0.729. The molecular formula is C11H16BrN3. The van der Waals surface area contributed by atoms with E-state index in [0.717, 1.165) is 39.9 Å². The van der Waals surface area contributed by atoms with Crippen molar-refractivity contribution >= 4 is 27.4 Å². The van der Waals surface area contributed by atoms with Crippen LogP contribution in [0.2, 0.25) is 0 Å². The Labute approximate surface area is 98.6 Å². The summed E-state index contributed by atoms with van der Waals surface area (Å²) >= 11 is 3.51. The number of aromatic nitrogens is 1. The van der Waals surface area contributed by atoms with E-state index >= 15 is 0 Å². The number of nitrogens with two attached hydrogens (primary N) is 1. The standard InChI is InChI=1S/C11H16BrN3/c1-6-3-8(6)4-14-11-10(12)7(2)9(13)5-15-11/h5-6,8H,3-4,13H2,1-2H3,(H,14,15). The van der Waals surface area contributed by atoms with Gasteiger partial charge in [0, 0.05) is 6.54 Å². The number of nitrogens with one attached hydrogen (secondary N) is 1. The highest BCUT2D eigenvalue weighted by Crippen LogP contribution is 2.38. The van der Waals surface area contributed by atoms with Crippen molar-refractivity contribution in [3.8, 4) is 0 Å². The monoisotopic (exact) mass is 269 g/mol. The first-order valence-electron chi connectivity index (χ1n) is 5.24. The van der Waals surface area contributed by atoms with Crippen LogP contribution in [0.15, 0.2) is 10.7 Å². The lowest BCUT2D eigenvalue weighted by molar-refractivity contribution is 0.784. The number of nitrogens with zero attached hydrogens (tertiary/aromatic N) is 1. The van der Waals surface area contributed by atoms with Crippen LogP contribution in [0.3, 0.4) is 0 Å². The van der Waals surface area contributed by atoms with Crippen LogP contribution in [0.4, 0.5) is 11.5 Å². The summed E-state index contributed by atoms with van der Waals surface area (Å²) < 4.78 is 0.982. The first-order valence-corrected chi connectivity index (χ1v) is 6.03. The third-order valence-electron chi connectivity index (χ3n) is 3.11. The summed E-state index contributed by atoms with van der Waals surface area (Å²) in [6.07, 6.45) is 3.04. The number of halogens is 1. The molecule has 1 aromatic rings. The highest BCUT2D eigenvalue weighted by Gasteiger charge is 2.32. The molecule has 4 heteroatoms. The molecule has 1 aromatic heterocycles. The number of nitrogen functional groups attached to an aromatic ring is 1. The van der Waals surface area contributed by atoms with Gasteiger partial charge in [-0.25, -0.2) is 4.98 Å². The molecule has 1 aliphatic carbocycles. The number of hydrogen-bond acceptors (Lipinski definition) is 3. The van der Waals surface area contributed by atoms with Crippen molar-refractivity contribution in [1.82, 2.24) is 4.98 Å². The fourth-order valence-corrected chi connectivity index (χ4v) is 2.10. The molecule has 82 valence electrons. The summed E-state index contributed by atoms with van der Waals surface area (Å²) in [5.74, 6) is 2.59. The molecule has 0 spiro atoms. The van der Waals surface area contributed by atoms with E-state index in [1.54, 1.807) is 6.20 Å². The van der Waals surface area contributed by atoms with Gasteiger partial charge in [0.05, 0.1) is 16.4 Å². The molecule has 2 rings (SSSR count). The first kappa shape index (κ1) is 10.7. The topological polar surface area (TPSA) is 50.9 Å². The molecule has 2 unspecified atom stereocenters. The van der Waals surface area contributed by atoms with Gasteiger partial charge in [-0.05, 0) is 46.7 Å². The lowest BCUT2D eigenvalue weighted by Gasteiger charge is -2.10. The minimum Gasteiger partial charge on any atom is -0.397 e. The molecule has 0 amide bonds. The molecule has 2 atom stereocenters. The molecule has 0 bridgehead atoms. The normalized spacial score (nSPS) is 23.9. The van der Waals surface area contributed by atoms with Gasteiger partial charge in [0.25, 0.3) is 0 Å². The van der Waals surface area contributed by atoms with E-state index in [1.807, 2.05) is 6.92 Å². The van der Waals surface area contributed by atoms with Gasteiger partial charge in [-0.3, -0.25) is 0 Å². The first-order chi connectivity index (χ1) is 7.09. The molecule has 15 heavy (non-hydrogen) atoms. The zero-order chi connectivity index (χ0) is 11.0. The van der Waals surface area contributed by atoms with Gasteiger partial charge in [-0.1, -0.05) is 6.92 Å². The fourth-order valence-electron chi connectivity index (χ4n) is 1.63. The second-order valence-electron chi connectivity index (χ2n) is 4.36. The third kappa shape index (κ3) is 2.25. The fraction of sp³-hybridized carbons (Fsp3) is 0.545. The van der Waals surface area contributed by atoms with Gasteiger partial charge in [0.2, 0.25) is 0 Å². The Bertz CT molecular complexity index is 378. The van der Waals surface area contributed by atoms with E-state index in [-0.39, 0.29) is 0 Å². The molecule has 3 nitrogen and oxygen atoms in total. The van der Waals surface area contributed by atoms with E-state index in [2.05, 4.69) is 33.2 Å². The quantitative estimate of drug-likeness (QED) is 0.888. The lowest BCUT2D eigenvalue weighted by atomic mass is 10.2. The van der Waals surface area contributed by atoms with Crippen molar-refractivity contribution in [2.24, 2.45) is 11.8 Å². The average Bonchev–Trinajstić information content (AvgIpc) is 2.90. The van der Waals surface area contributed by atoms with Crippen molar-refractivity contribution in [3.63, 3.8) is 0 Å². The maximum atomic E-state index is 5.76. The summed E-state index contributed by atoms with van der Waals surface area (Å²) in [7, 11) is 0. The number of pyridine rings is 1. The van der Waals surface area contributed by atoms with Crippen molar-refractivity contribution in [3.05, 3.63) is 16.2 Å². The zero-order valence-electron chi connectivity index (χ0n) is 9.05. The van der Waals surface area contributed by atoms with Crippen molar-refractivity contribution in [2.45, 2.75) is 20.3 Å². The third-order valence-corrected chi connectivity index (χ3v) is 4.08. The Morgan fingerprint density at radius 1 is 1.67 bits per heavy atom. The summed E-state index contributed by atoms with van der Waals surface area (Å²) in [6, 6.07) is 0. The molecule has 1 saturated carbocycles. The van der Waals surface area contributed by atoms with Crippen molar-refractivity contribution in [2.75, 3.05) is 17.6 Å². The molecule has 1 aliphatic rings. The van der Waals surface area contributed by atoms with Crippen LogP contribution in [0.1, 0.15) is 18.9 Å². The Hall–Kier alpha value is -0.770. The van der Waals surface area contributed by atoms with E-state index in [1.165, 1.54) is 6.42 Å². The summed E-state index contributed by atoms with van der Waals surface area (Å²) in [5, 5.41) is 3.36. The van der Waals surface area contributed by atoms with Crippen LogP contribution in [0.25, 0.3) is 0 Å². The maximum absolute atomic E-state index is 5.76. The minimum atomic E-state index is 0.729. The van der Waals surface area contributed by atoms with Crippen LogP contribution in [0, 0.1) is 18.8 Å². The second-order valence-corrected chi connectivity index (χ2v) is 5.15. The summed E-state index contributed by atoms with van der Waals surface area (Å²) in [6.45, 7) is 5.28. The average molecular weight is 270 g/mol. The van der Waals surface area contributed by atoms with Crippen molar-refractivity contribution in [1.29, 1.82) is 0 Å². The van der Waals surface area contributed by atoms with E-state index in [9.17, 15) is 0 Å². The van der Waals surface area contributed by atoms with Crippen LogP contribution in [-0.4, -0.2) is 11.5 Å². The molecule has 0 radical (unpaired) electrons. The molecule has 1 heterocycles. The van der Waals surface area contributed by atoms with Gasteiger partial charge in [0.1, 0.15) is 5.82 Å². The van der Waals surface area contributed by atoms with Crippen LogP contribution < -0.4 is 11.1 Å². The van der Waals surface area contributed by atoms with E-state index < -0.39 is 0 Å².